The largest absolute Gasteiger partial charge is 0.495 e. The van der Waals surface area contributed by atoms with Crippen molar-refractivity contribution in [3.05, 3.63) is 58.1 Å². The summed E-state index contributed by atoms with van der Waals surface area (Å²) in [7, 11) is 1.53. The molecule has 2 aromatic rings. The molecule has 0 spiro atoms. The van der Waals surface area contributed by atoms with Gasteiger partial charge in [0, 0.05) is 22.4 Å². The zero-order valence-electron chi connectivity index (χ0n) is 16.5. The number of halogens is 1. The Labute approximate surface area is 165 Å². The third-order valence-electron chi connectivity index (χ3n) is 4.87. The molecule has 0 aliphatic rings. The first-order valence-electron chi connectivity index (χ1n) is 8.95. The molecule has 144 valence electrons. The first kappa shape index (κ1) is 21.0. The lowest BCUT2D eigenvalue weighted by Crippen LogP contribution is -2.30. The number of methoxy groups -OCH3 is 1. The van der Waals surface area contributed by atoms with E-state index in [-0.39, 0.29) is 18.1 Å². The number of benzene rings is 2. The molecule has 0 fully saturated rings. The summed E-state index contributed by atoms with van der Waals surface area (Å²) in [4.78, 5) is 25.2. The maximum absolute atomic E-state index is 12.7. The van der Waals surface area contributed by atoms with Gasteiger partial charge in [-0.05, 0) is 48.7 Å². The SMILES string of the molecule is CCC(C)(C)C(=O)Nc1cc(C(=O)Cc2ccc(C)c(Cl)c2)ccc1OC. The number of aryl methyl sites for hydroxylation is 1. The topological polar surface area (TPSA) is 55.4 Å². The summed E-state index contributed by atoms with van der Waals surface area (Å²) in [6.07, 6.45) is 0.939. The number of amides is 1. The van der Waals surface area contributed by atoms with Crippen molar-refractivity contribution in [3.63, 3.8) is 0 Å². The highest BCUT2D eigenvalue weighted by molar-refractivity contribution is 6.31. The van der Waals surface area contributed by atoms with Crippen LogP contribution in [0.1, 0.15) is 48.7 Å². The van der Waals surface area contributed by atoms with Crippen LogP contribution >= 0.6 is 11.6 Å². The quantitative estimate of drug-likeness (QED) is 0.642. The van der Waals surface area contributed by atoms with Gasteiger partial charge >= 0.3 is 0 Å². The molecule has 0 atom stereocenters. The molecule has 0 radical (unpaired) electrons. The van der Waals surface area contributed by atoms with Crippen molar-refractivity contribution in [1.82, 2.24) is 0 Å². The molecule has 0 aromatic heterocycles. The molecule has 0 heterocycles. The average Bonchev–Trinajstić information content (AvgIpc) is 2.64. The molecule has 0 saturated carbocycles. The van der Waals surface area contributed by atoms with Gasteiger partial charge in [-0.1, -0.05) is 44.5 Å². The molecule has 0 unspecified atom stereocenters. The van der Waals surface area contributed by atoms with Crippen molar-refractivity contribution in [2.45, 2.75) is 40.5 Å². The van der Waals surface area contributed by atoms with Gasteiger partial charge in [-0.15, -0.1) is 0 Å². The van der Waals surface area contributed by atoms with E-state index in [1.54, 1.807) is 18.2 Å². The number of ketones is 1. The zero-order valence-corrected chi connectivity index (χ0v) is 17.2. The number of hydrogen-bond acceptors (Lipinski definition) is 3. The lowest BCUT2D eigenvalue weighted by molar-refractivity contribution is -0.124. The van der Waals surface area contributed by atoms with Crippen molar-refractivity contribution in [2.75, 3.05) is 12.4 Å². The third-order valence-corrected chi connectivity index (χ3v) is 5.28. The molecular weight excluding hydrogens is 362 g/mol. The monoisotopic (exact) mass is 387 g/mol. The number of anilines is 1. The van der Waals surface area contributed by atoms with E-state index in [0.29, 0.717) is 28.4 Å². The van der Waals surface area contributed by atoms with Crippen LogP contribution in [0.5, 0.6) is 5.75 Å². The number of rotatable bonds is 7. The van der Waals surface area contributed by atoms with Crippen molar-refractivity contribution >= 4 is 29.0 Å². The van der Waals surface area contributed by atoms with Gasteiger partial charge in [0.15, 0.2) is 5.78 Å². The molecule has 1 N–H and O–H groups in total. The van der Waals surface area contributed by atoms with Gasteiger partial charge in [-0.2, -0.15) is 0 Å². The lowest BCUT2D eigenvalue weighted by atomic mass is 9.89. The molecular formula is C22H26ClNO3. The first-order chi connectivity index (χ1) is 12.7. The van der Waals surface area contributed by atoms with E-state index in [1.165, 1.54) is 7.11 Å². The van der Waals surface area contributed by atoms with Crippen LogP contribution in [0.25, 0.3) is 0 Å². The molecule has 0 aliphatic carbocycles. The van der Waals surface area contributed by atoms with Crippen molar-refractivity contribution < 1.29 is 14.3 Å². The third kappa shape index (κ3) is 5.10. The van der Waals surface area contributed by atoms with Crippen LogP contribution in [0.2, 0.25) is 5.02 Å². The van der Waals surface area contributed by atoms with E-state index in [9.17, 15) is 9.59 Å². The second kappa shape index (κ2) is 8.57. The van der Waals surface area contributed by atoms with E-state index in [4.69, 9.17) is 16.3 Å². The molecule has 1 amide bonds. The molecule has 2 rings (SSSR count). The predicted octanol–water partition coefficient (Wildman–Crippen LogP) is 5.46. The minimum absolute atomic E-state index is 0.0529. The Hall–Kier alpha value is -2.33. The summed E-state index contributed by atoms with van der Waals surface area (Å²) < 4.78 is 5.33. The van der Waals surface area contributed by atoms with E-state index in [0.717, 1.165) is 11.1 Å². The summed E-state index contributed by atoms with van der Waals surface area (Å²) in [6.45, 7) is 7.64. The van der Waals surface area contributed by atoms with Crippen molar-refractivity contribution in [1.29, 1.82) is 0 Å². The fourth-order valence-corrected chi connectivity index (χ4v) is 2.67. The van der Waals surface area contributed by atoms with Crippen LogP contribution in [0.3, 0.4) is 0 Å². The normalized spacial score (nSPS) is 11.2. The molecule has 0 saturated heterocycles. The summed E-state index contributed by atoms with van der Waals surface area (Å²) in [5.74, 6) is 0.353. The van der Waals surface area contributed by atoms with Crippen LogP contribution in [-0.4, -0.2) is 18.8 Å². The van der Waals surface area contributed by atoms with Crippen LogP contribution in [0.4, 0.5) is 5.69 Å². The first-order valence-corrected chi connectivity index (χ1v) is 9.33. The number of ether oxygens (including phenoxy) is 1. The molecule has 0 bridgehead atoms. The van der Waals surface area contributed by atoms with Gasteiger partial charge < -0.3 is 10.1 Å². The van der Waals surface area contributed by atoms with Gasteiger partial charge in [0.1, 0.15) is 5.75 Å². The van der Waals surface area contributed by atoms with Crippen molar-refractivity contribution in [2.24, 2.45) is 5.41 Å². The van der Waals surface area contributed by atoms with Gasteiger partial charge in [0.2, 0.25) is 5.91 Å². The maximum atomic E-state index is 12.7. The number of carbonyl (C=O) groups excluding carboxylic acids is 2. The molecule has 0 aliphatic heterocycles. The summed E-state index contributed by atoms with van der Waals surface area (Å²) >= 11 is 6.15. The molecule has 5 heteroatoms. The summed E-state index contributed by atoms with van der Waals surface area (Å²) in [5, 5.41) is 3.53. The van der Waals surface area contributed by atoms with E-state index >= 15 is 0 Å². The number of carbonyl (C=O) groups is 2. The maximum Gasteiger partial charge on any atom is 0.230 e. The minimum atomic E-state index is -0.510. The van der Waals surface area contributed by atoms with Crippen LogP contribution in [-0.2, 0) is 11.2 Å². The Morgan fingerprint density at radius 1 is 1.15 bits per heavy atom. The molecule has 27 heavy (non-hydrogen) atoms. The van der Waals surface area contributed by atoms with E-state index in [2.05, 4.69) is 5.32 Å². The van der Waals surface area contributed by atoms with Crippen molar-refractivity contribution in [3.8, 4) is 5.75 Å². The highest BCUT2D eigenvalue weighted by Crippen LogP contribution is 2.29. The average molecular weight is 388 g/mol. The second-order valence-electron chi connectivity index (χ2n) is 7.29. The highest BCUT2D eigenvalue weighted by atomic mass is 35.5. The standard InChI is InChI=1S/C22H26ClNO3/c1-6-22(3,4)21(26)24-18-13-16(9-10-20(18)27-5)19(25)12-15-8-7-14(2)17(23)11-15/h7-11,13H,6,12H2,1-5H3,(H,24,26). The Morgan fingerprint density at radius 3 is 2.44 bits per heavy atom. The number of hydrogen-bond donors (Lipinski definition) is 1. The Balaban J connectivity index is 2.26. The van der Waals surface area contributed by atoms with Crippen LogP contribution in [0, 0.1) is 12.3 Å². The predicted molar refractivity (Wildman–Crippen MR) is 110 cm³/mol. The smallest absolute Gasteiger partial charge is 0.230 e. The van der Waals surface area contributed by atoms with Crippen LogP contribution in [0.15, 0.2) is 36.4 Å². The summed E-state index contributed by atoms with van der Waals surface area (Å²) in [5.41, 5.74) is 2.32. The minimum Gasteiger partial charge on any atom is -0.495 e. The lowest BCUT2D eigenvalue weighted by Gasteiger charge is -2.22. The van der Waals surface area contributed by atoms with Gasteiger partial charge in [0.05, 0.1) is 12.8 Å². The zero-order chi connectivity index (χ0) is 20.2. The molecule has 4 nitrogen and oxygen atoms in total. The summed E-state index contributed by atoms with van der Waals surface area (Å²) in [6, 6.07) is 10.7. The fraction of sp³-hybridized carbons (Fsp3) is 0.364. The second-order valence-corrected chi connectivity index (χ2v) is 7.70. The van der Waals surface area contributed by atoms with Crippen LogP contribution < -0.4 is 10.1 Å². The van der Waals surface area contributed by atoms with Gasteiger partial charge in [-0.3, -0.25) is 9.59 Å². The Bertz CT molecular complexity index is 859. The number of nitrogens with one attached hydrogen (secondary N) is 1. The molecule has 2 aromatic carbocycles. The fourth-order valence-electron chi connectivity index (χ4n) is 2.46. The van der Waals surface area contributed by atoms with Gasteiger partial charge in [0.25, 0.3) is 0 Å². The van der Waals surface area contributed by atoms with Gasteiger partial charge in [-0.25, -0.2) is 0 Å². The van der Waals surface area contributed by atoms with E-state index < -0.39 is 5.41 Å². The Morgan fingerprint density at radius 2 is 1.85 bits per heavy atom. The Kier molecular flexibility index (Phi) is 6.66. The number of Topliss-reactive ketones (excluding diaryl/α,β-unsaturated/α-hetero) is 1. The highest BCUT2D eigenvalue weighted by Gasteiger charge is 2.26. The van der Waals surface area contributed by atoms with E-state index in [1.807, 2.05) is 45.9 Å².